The topological polar surface area (TPSA) is 49.4 Å². The van der Waals surface area contributed by atoms with Gasteiger partial charge in [0.25, 0.3) is 11.8 Å². The number of rotatable bonds is 5. The summed E-state index contributed by atoms with van der Waals surface area (Å²) in [5.41, 5.74) is 1.90. The second kappa shape index (κ2) is 8.31. The summed E-state index contributed by atoms with van der Waals surface area (Å²) in [5, 5.41) is 2.77. The fourth-order valence-corrected chi connectivity index (χ4v) is 4.46. The van der Waals surface area contributed by atoms with Crippen molar-refractivity contribution in [2.45, 2.75) is 50.4 Å². The average Bonchev–Trinajstić information content (AvgIpc) is 2.99. The molecule has 2 bridgehead atoms. The van der Waals surface area contributed by atoms with E-state index in [2.05, 4.69) is 5.32 Å². The highest BCUT2D eigenvalue weighted by Crippen LogP contribution is 2.37. The van der Waals surface area contributed by atoms with Crippen molar-refractivity contribution in [1.82, 2.24) is 10.2 Å². The summed E-state index contributed by atoms with van der Waals surface area (Å²) >= 11 is 0. The minimum atomic E-state index is -0.790. The SMILES string of the molecule is O=C(NCCc1ccc(C(=O)N2C3CCC2CC(F)C3)cc1)c1cccc(F)c1. The molecule has 2 unspecified atom stereocenters. The van der Waals surface area contributed by atoms with Crippen molar-refractivity contribution in [3.05, 3.63) is 71.0 Å². The normalized spacial score (nSPS) is 23.1. The van der Waals surface area contributed by atoms with Gasteiger partial charge >= 0.3 is 0 Å². The van der Waals surface area contributed by atoms with Crippen LogP contribution in [0.2, 0.25) is 0 Å². The molecule has 0 spiro atoms. The molecule has 2 atom stereocenters. The Labute approximate surface area is 168 Å². The fourth-order valence-electron chi connectivity index (χ4n) is 4.46. The number of amides is 2. The van der Waals surface area contributed by atoms with Gasteiger partial charge in [0.1, 0.15) is 12.0 Å². The quantitative estimate of drug-likeness (QED) is 0.830. The predicted octanol–water partition coefficient (Wildman–Crippen LogP) is 3.90. The lowest BCUT2D eigenvalue weighted by atomic mass is 9.99. The number of hydrogen-bond donors (Lipinski definition) is 1. The van der Waals surface area contributed by atoms with Crippen LogP contribution in [0.15, 0.2) is 48.5 Å². The third-order valence-corrected chi connectivity index (χ3v) is 5.90. The molecular formula is C23H24F2N2O2. The third kappa shape index (κ3) is 4.31. The molecule has 1 N–H and O–H groups in total. The van der Waals surface area contributed by atoms with Gasteiger partial charge in [0.15, 0.2) is 0 Å². The Morgan fingerprint density at radius 2 is 1.69 bits per heavy atom. The molecule has 6 heteroatoms. The molecule has 4 rings (SSSR count). The van der Waals surface area contributed by atoms with Crippen molar-refractivity contribution in [2.24, 2.45) is 0 Å². The number of nitrogens with zero attached hydrogens (tertiary/aromatic N) is 1. The van der Waals surface area contributed by atoms with Crippen LogP contribution in [0.3, 0.4) is 0 Å². The van der Waals surface area contributed by atoms with Crippen molar-refractivity contribution in [1.29, 1.82) is 0 Å². The van der Waals surface area contributed by atoms with Crippen LogP contribution in [0.25, 0.3) is 0 Å². The number of benzene rings is 2. The Kier molecular flexibility index (Phi) is 5.60. The molecule has 2 aromatic carbocycles. The summed E-state index contributed by atoms with van der Waals surface area (Å²) < 4.78 is 26.9. The zero-order valence-electron chi connectivity index (χ0n) is 16.1. The summed E-state index contributed by atoms with van der Waals surface area (Å²) in [6.07, 6.45) is 2.49. The largest absolute Gasteiger partial charge is 0.352 e. The zero-order valence-corrected chi connectivity index (χ0v) is 16.1. The van der Waals surface area contributed by atoms with Crippen molar-refractivity contribution < 1.29 is 18.4 Å². The van der Waals surface area contributed by atoms with Crippen LogP contribution in [-0.2, 0) is 6.42 Å². The van der Waals surface area contributed by atoms with Crippen LogP contribution in [0.1, 0.15) is 52.0 Å². The van der Waals surface area contributed by atoms with Gasteiger partial charge in [-0.1, -0.05) is 18.2 Å². The molecule has 2 saturated heterocycles. The molecule has 4 nitrogen and oxygen atoms in total. The first kappa shape index (κ1) is 19.6. The monoisotopic (exact) mass is 398 g/mol. The summed E-state index contributed by atoms with van der Waals surface area (Å²) in [6.45, 7) is 0.413. The third-order valence-electron chi connectivity index (χ3n) is 5.90. The van der Waals surface area contributed by atoms with Gasteiger partial charge in [-0.2, -0.15) is 0 Å². The number of piperidine rings is 1. The van der Waals surface area contributed by atoms with E-state index in [1.807, 2.05) is 17.0 Å². The van der Waals surface area contributed by atoms with Gasteiger partial charge in [-0.05, 0) is 68.0 Å². The highest BCUT2D eigenvalue weighted by molar-refractivity contribution is 5.95. The lowest BCUT2D eigenvalue weighted by Gasteiger charge is -2.36. The molecule has 2 heterocycles. The highest BCUT2D eigenvalue weighted by atomic mass is 19.1. The van der Waals surface area contributed by atoms with Crippen molar-refractivity contribution in [3.63, 3.8) is 0 Å². The van der Waals surface area contributed by atoms with Crippen LogP contribution in [0.4, 0.5) is 8.78 Å². The molecule has 0 aromatic heterocycles. The summed E-state index contributed by atoms with van der Waals surface area (Å²) in [5.74, 6) is -0.777. The van der Waals surface area contributed by atoms with E-state index in [0.717, 1.165) is 18.4 Å². The smallest absolute Gasteiger partial charge is 0.254 e. The number of carbonyl (C=O) groups excluding carboxylic acids is 2. The van der Waals surface area contributed by atoms with Crippen molar-refractivity contribution in [2.75, 3.05) is 6.54 Å². The van der Waals surface area contributed by atoms with Gasteiger partial charge in [0.2, 0.25) is 0 Å². The van der Waals surface area contributed by atoms with E-state index in [1.165, 1.54) is 18.2 Å². The number of fused-ring (bicyclic) bond motifs is 2. The molecular weight excluding hydrogens is 374 g/mol. The summed E-state index contributed by atoms with van der Waals surface area (Å²) in [4.78, 5) is 26.8. The van der Waals surface area contributed by atoms with Crippen LogP contribution in [0, 0.1) is 5.82 Å². The number of hydrogen-bond acceptors (Lipinski definition) is 2. The first-order valence-corrected chi connectivity index (χ1v) is 10.1. The Bertz CT molecular complexity index is 886. The predicted molar refractivity (Wildman–Crippen MR) is 106 cm³/mol. The number of nitrogens with one attached hydrogen (secondary N) is 1. The summed E-state index contributed by atoms with van der Waals surface area (Å²) in [6, 6.07) is 13.0. The molecule has 2 amide bonds. The van der Waals surface area contributed by atoms with Gasteiger partial charge in [-0.25, -0.2) is 8.78 Å². The van der Waals surface area contributed by atoms with E-state index in [4.69, 9.17) is 0 Å². The maximum Gasteiger partial charge on any atom is 0.254 e. The first-order valence-electron chi connectivity index (χ1n) is 10.1. The van der Waals surface area contributed by atoms with Gasteiger partial charge < -0.3 is 10.2 Å². The van der Waals surface area contributed by atoms with E-state index in [0.29, 0.717) is 31.4 Å². The molecule has 0 aliphatic carbocycles. The Hall–Kier alpha value is -2.76. The van der Waals surface area contributed by atoms with E-state index in [9.17, 15) is 18.4 Å². The summed E-state index contributed by atoms with van der Waals surface area (Å²) in [7, 11) is 0. The molecule has 29 heavy (non-hydrogen) atoms. The number of carbonyl (C=O) groups is 2. The van der Waals surface area contributed by atoms with Crippen LogP contribution < -0.4 is 5.32 Å². The van der Waals surface area contributed by atoms with Crippen LogP contribution in [0.5, 0.6) is 0 Å². The molecule has 2 aliphatic heterocycles. The molecule has 0 radical (unpaired) electrons. The Balaban J connectivity index is 1.31. The fraction of sp³-hybridized carbons (Fsp3) is 0.391. The lowest BCUT2D eigenvalue weighted by Crippen LogP contribution is -2.47. The number of halogens is 2. The second-order valence-electron chi connectivity index (χ2n) is 7.88. The minimum absolute atomic E-state index is 0.0182. The maximum atomic E-state index is 13.7. The zero-order chi connectivity index (χ0) is 20.4. The average molecular weight is 398 g/mol. The standard InChI is InChI=1S/C23H24F2N2O2/c24-18-3-1-2-17(12-18)22(28)26-11-10-15-4-6-16(7-5-15)23(29)27-20-8-9-21(27)14-19(25)13-20/h1-7,12,19-21H,8-11,13-14H2,(H,26,28). The van der Waals surface area contributed by atoms with E-state index in [-0.39, 0.29) is 29.5 Å². The maximum absolute atomic E-state index is 13.7. The van der Waals surface area contributed by atoms with Crippen molar-refractivity contribution >= 4 is 11.8 Å². The lowest BCUT2D eigenvalue weighted by molar-refractivity contribution is 0.0479. The molecule has 2 fully saturated rings. The van der Waals surface area contributed by atoms with Gasteiger partial charge in [0, 0.05) is 29.8 Å². The van der Waals surface area contributed by atoms with E-state index < -0.39 is 12.0 Å². The first-order chi connectivity index (χ1) is 14.0. The molecule has 2 aromatic rings. The number of alkyl halides is 1. The van der Waals surface area contributed by atoms with Crippen LogP contribution >= 0.6 is 0 Å². The molecule has 152 valence electrons. The Morgan fingerprint density at radius 1 is 1.00 bits per heavy atom. The van der Waals surface area contributed by atoms with Gasteiger partial charge in [0.05, 0.1) is 0 Å². The minimum Gasteiger partial charge on any atom is -0.352 e. The molecule has 0 saturated carbocycles. The van der Waals surface area contributed by atoms with E-state index in [1.54, 1.807) is 18.2 Å². The van der Waals surface area contributed by atoms with Gasteiger partial charge in [-0.15, -0.1) is 0 Å². The Morgan fingerprint density at radius 3 is 2.34 bits per heavy atom. The van der Waals surface area contributed by atoms with Gasteiger partial charge in [-0.3, -0.25) is 9.59 Å². The van der Waals surface area contributed by atoms with E-state index >= 15 is 0 Å². The highest BCUT2D eigenvalue weighted by Gasteiger charge is 2.43. The van der Waals surface area contributed by atoms with Crippen LogP contribution in [-0.4, -0.2) is 41.5 Å². The molecule has 2 aliphatic rings. The second-order valence-corrected chi connectivity index (χ2v) is 7.88. The van der Waals surface area contributed by atoms with Crippen molar-refractivity contribution in [3.8, 4) is 0 Å².